The zero-order valence-electron chi connectivity index (χ0n) is 11.8. The monoisotopic (exact) mass is 243 g/mol. The quantitative estimate of drug-likeness (QED) is 0.881. The fourth-order valence-electron chi connectivity index (χ4n) is 2.60. The van der Waals surface area contributed by atoms with E-state index in [1.165, 1.54) is 11.1 Å². The molecule has 1 aromatic carbocycles. The van der Waals surface area contributed by atoms with Crippen LogP contribution in [-0.4, -0.2) is 9.78 Å². The largest absolute Gasteiger partial charge is 0.320 e. The summed E-state index contributed by atoms with van der Waals surface area (Å²) in [5, 5.41) is 4.44. The summed E-state index contributed by atoms with van der Waals surface area (Å²) in [5.41, 5.74) is 13.4. The van der Waals surface area contributed by atoms with E-state index in [9.17, 15) is 0 Å². The van der Waals surface area contributed by atoms with Crippen molar-refractivity contribution in [1.82, 2.24) is 9.78 Å². The van der Waals surface area contributed by atoms with Crippen LogP contribution in [0.25, 0.3) is 0 Å². The van der Waals surface area contributed by atoms with Gasteiger partial charge < -0.3 is 5.73 Å². The minimum absolute atomic E-state index is 0.0997. The van der Waals surface area contributed by atoms with Crippen molar-refractivity contribution in [3.8, 4) is 0 Å². The summed E-state index contributed by atoms with van der Waals surface area (Å²) in [6.07, 6.45) is 0. The second-order valence-corrected chi connectivity index (χ2v) is 5.11. The Morgan fingerprint density at radius 2 is 1.61 bits per heavy atom. The van der Waals surface area contributed by atoms with Crippen molar-refractivity contribution in [3.05, 3.63) is 51.8 Å². The molecular formula is C15H21N3. The zero-order chi connectivity index (χ0) is 13.4. The van der Waals surface area contributed by atoms with Crippen molar-refractivity contribution in [2.24, 2.45) is 12.8 Å². The molecule has 2 N–H and O–H groups in total. The standard InChI is InChI=1S/C15H21N3/c1-9-6-10(2)8-13(7-9)15(16)14-11(3)17-18(5)12(14)4/h6-8,15H,16H2,1-5H3. The third kappa shape index (κ3) is 2.18. The van der Waals surface area contributed by atoms with E-state index >= 15 is 0 Å². The summed E-state index contributed by atoms with van der Waals surface area (Å²) >= 11 is 0. The molecule has 1 heterocycles. The Morgan fingerprint density at radius 1 is 1.06 bits per heavy atom. The summed E-state index contributed by atoms with van der Waals surface area (Å²) in [7, 11) is 1.96. The molecule has 0 aliphatic carbocycles. The predicted octanol–water partition coefficient (Wildman–Crippen LogP) is 2.70. The van der Waals surface area contributed by atoms with Crippen molar-refractivity contribution >= 4 is 0 Å². The van der Waals surface area contributed by atoms with E-state index in [0.29, 0.717) is 0 Å². The molecule has 0 saturated heterocycles. The van der Waals surface area contributed by atoms with Crippen LogP contribution in [-0.2, 0) is 7.05 Å². The highest BCUT2D eigenvalue weighted by atomic mass is 15.3. The Bertz CT molecular complexity index is 561. The van der Waals surface area contributed by atoms with Gasteiger partial charge in [-0.3, -0.25) is 4.68 Å². The van der Waals surface area contributed by atoms with Crippen LogP contribution in [0.3, 0.4) is 0 Å². The van der Waals surface area contributed by atoms with Crippen LogP contribution in [0.4, 0.5) is 0 Å². The van der Waals surface area contributed by atoms with Crippen molar-refractivity contribution in [1.29, 1.82) is 0 Å². The molecule has 2 rings (SSSR count). The molecule has 0 aliphatic rings. The minimum Gasteiger partial charge on any atom is -0.320 e. The molecule has 0 saturated carbocycles. The van der Waals surface area contributed by atoms with Gasteiger partial charge in [-0.05, 0) is 33.3 Å². The maximum atomic E-state index is 6.42. The van der Waals surface area contributed by atoms with E-state index in [-0.39, 0.29) is 6.04 Å². The highest BCUT2D eigenvalue weighted by Crippen LogP contribution is 2.26. The Balaban J connectivity index is 2.50. The van der Waals surface area contributed by atoms with Gasteiger partial charge in [0.25, 0.3) is 0 Å². The lowest BCUT2D eigenvalue weighted by Crippen LogP contribution is -2.14. The molecule has 0 bridgehead atoms. The van der Waals surface area contributed by atoms with Crippen molar-refractivity contribution in [3.63, 3.8) is 0 Å². The molecule has 2 aromatic rings. The molecule has 96 valence electrons. The first kappa shape index (κ1) is 12.8. The third-order valence-corrected chi connectivity index (χ3v) is 3.48. The van der Waals surface area contributed by atoms with Gasteiger partial charge in [-0.15, -0.1) is 0 Å². The molecule has 0 amide bonds. The van der Waals surface area contributed by atoms with Crippen molar-refractivity contribution in [2.45, 2.75) is 33.7 Å². The van der Waals surface area contributed by atoms with E-state index in [4.69, 9.17) is 5.73 Å². The van der Waals surface area contributed by atoms with Crippen LogP contribution in [0.1, 0.15) is 39.7 Å². The molecular weight excluding hydrogens is 222 g/mol. The number of nitrogens with two attached hydrogens (primary N) is 1. The Labute approximate surface area is 109 Å². The molecule has 0 radical (unpaired) electrons. The lowest BCUT2D eigenvalue weighted by molar-refractivity contribution is 0.728. The van der Waals surface area contributed by atoms with Gasteiger partial charge in [0.2, 0.25) is 0 Å². The topological polar surface area (TPSA) is 43.8 Å². The lowest BCUT2D eigenvalue weighted by Gasteiger charge is -2.14. The molecule has 0 aliphatic heterocycles. The van der Waals surface area contributed by atoms with Crippen molar-refractivity contribution in [2.75, 3.05) is 0 Å². The summed E-state index contributed by atoms with van der Waals surface area (Å²) in [4.78, 5) is 0. The van der Waals surface area contributed by atoms with Crippen LogP contribution in [0.5, 0.6) is 0 Å². The third-order valence-electron chi connectivity index (χ3n) is 3.48. The average Bonchev–Trinajstić information content (AvgIpc) is 2.51. The molecule has 1 aromatic heterocycles. The van der Waals surface area contributed by atoms with Gasteiger partial charge >= 0.3 is 0 Å². The highest BCUT2D eigenvalue weighted by molar-refractivity contribution is 5.39. The van der Waals surface area contributed by atoms with Gasteiger partial charge in [0, 0.05) is 18.3 Å². The van der Waals surface area contributed by atoms with Gasteiger partial charge in [-0.1, -0.05) is 29.3 Å². The van der Waals surface area contributed by atoms with Gasteiger partial charge in [0.05, 0.1) is 11.7 Å². The van der Waals surface area contributed by atoms with Crippen LogP contribution in [0, 0.1) is 27.7 Å². The SMILES string of the molecule is Cc1cc(C)cc(C(N)c2c(C)nn(C)c2C)c1. The van der Waals surface area contributed by atoms with Crippen LogP contribution < -0.4 is 5.73 Å². The number of hydrogen-bond acceptors (Lipinski definition) is 2. The summed E-state index contributed by atoms with van der Waals surface area (Å²) in [5.74, 6) is 0. The van der Waals surface area contributed by atoms with E-state index in [2.05, 4.69) is 44.1 Å². The van der Waals surface area contributed by atoms with Crippen molar-refractivity contribution < 1.29 is 0 Å². The number of nitrogens with zero attached hydrogens (tertiary/aromatic N) is 2. The van der Waals surface area contributed by atoms with E-state index in [0.717, 1.165) is 22.5 Å². The Morgan fingerprint density at radius 3 is 2.06 bits per heavy atom. The Hall–Kier alpha value is -1.61. The predicted molar refractivity (Wildman–Crippen MR) is 74.6 cm³/mol. The first-order valence-electron chi connectivity index (χ1n) is 6.24. The van der Waals surface area contributed by atoms with Gasteiger partial charge in [-0.2, -0.15) is 5.10 Å². The lowest BCUT2D eigenvalue weighted by atomic mass is 9.95. The number of benzene rings is 1. The zero-order valence-corrected chi connectivity index (χ0v) is 11.8. The maximum absolute atomic E-state index is 6.42. The van der Waals surface area contributed by atoms with Crippen LogP contribution in [0.2, 0.25) is 0 Å². The van der Waals surface area contributed by atoms with Crippen LogP contribution in [0.15, 0.2) is 18.2 Å². The number of rotatable bonds is 2. The molecule has 0 fully saturated rings. The summed E-state index contributed by atoms with van der Waals surface area (Å²) in [6.45, 7) is 8.29. The van der Waals surface area contributed by atoms with E-state index < -0.39 is 0 Å². The molecule has 3 heteroatoms. The molecule has 3 nitrogen and oxygen atoms in total. The number of aromatic nitrogens is 2. The van der Waals surface area contributed by atoms with Gasteiger partial charge in [0.15, 0.2) is 0 Å². The second kappa shape index (κ2) is 4.58. The fourth-order valence-corrected chi connectivity index (χ4v) is 2.60. The fraction of sp³-hybridized carbons (Fsp3) is 0.400. The Kier molecular flexibility index (Phi) is 3.26. The first-order valence-corrected chi connectivity index (χ1v) is 6.24. The van der Waals surface area contributed by atoms with E-state index in [1.807, 2.05) is 18.7 Å². The molecule has 1 atom stereocenters. The van der Waals surface area contributed by atoms with Crippen LogP contribution >= 0.6 is 0 Å². The summed E-state index contributed by atoms with van der Waals surface area (Å²) < 4.78 is 1.90. The number of aryl methyl sites for hydroxylation is 4. The maximum Gasteiger partial charge on any atom is 0.0647 e. The van der Waals surface area contributed by atoms with Gasteiger partial charge in [0.1, 0.15) is 0 Å². The minimum atomic E-state index is -0.0997. The van der Waals surface area contributed by atoms with Gasteiger partial charge in [-0.25, -0.2) is 0 Å². The smallest absolute Gasteiger partial charge is 0.0647 e. The summed E-state index contributed by atoms with van der Waals surface area (Å²) in [6, 6.07) is 6.38. The first-order chi connectivity index (χ1) is 8.40. The average molecular weight is 243 g/mol. The number of hydrogen-bond donors (Lipinski definition) is 1. The molecule has 18 heavy (non-hydrogen) atoms. The molecule has 0 spiro atoms. The van der Waals surface area contributed by atoms with E-state index in [1.54, 1.807) is 0 Å². The highest BCUT2D eigenvalue weighted by Gasteiger charge is 2.18. The second-order valence-electron chi connectivity index (χ2n) is 5.11. The molecule has 1 unspecified atom stereocenters. The normalized spacial score (nSPS) is 12.8.